The van der Waals surface area contributed by atoms with E-state index in [9.17, 15) is 4.79 Å². The normalized spacial score (nSPS) is 21.0. The van der Waals surface area contributed by atoms with Gasteiger partial charge in [-0.2, -0.15) is 0 Å². The molecular weight excluding hydrogens is 399 g/mol. The molecule has 1 N–H and O–H groups in total. The summed E-state index contributed by atoms with van der Waals surface area (Å²) in [6.07, 6.45) is 2.62. The summed E-state index contributed by atoms with van der Waals surface area (Å²) in [7, 11) is 2.03. The monoisotopic (exact) mass is 424 g/mol. The van der Waals surface area contributed by atoms with Crippen molar-refractivity contribution in [3.05, 3.63) is 29.3 Å². The number of benzene rings is 1. The summed E-state index contributed by atoms with van der Waals surface area (Å²) in [5.74, 6) is 0.773. The zero-order valence-electron chi connectivity index (χ0n) is 14.9. The van der Waals surface area contributed by atoms with Crippen LogP contribution in [0.1, 0.15) is 19.3 Å². The molecule has 2 heterocycles. The van der Waals surface area contributed by atoms with Crippen LogP contribution in [0.5, 0.6) is 5.75 Å². The molecule has 26 heavy (non-hydrogen) atoms. The van der Waals surface area contributed by atoms with Gasteiger partial charge in [0, 0.05) is 24.5 Å². The molecule has 1 aromatic carbocycles. The highest BCUT2D eigenvalue weighted by Gasteiger charge is 2.49. The average molecular weight is 426 g/mol. The largest absolute Gasteiger partial charge is 0.492 e. The van der Waals surface area contributed by atoms with Gasteiger partial charge in [-0.1, -0.05) is 17.7 Å². The van der Waals surface area contributed by atoms with E-state index in [0.29, 0.717) is 11.6 Å². The molecular formula is C18H27Cl3N2O3. The molecule has 2 aliphatic heterocycles. The Hall–Kier alpha value is -0.720. The Kier molecular flexibility index (Phi) is 9.48. The van der Waals surface area contributed by atoms with Gasteiger partial charge in [0.25, 0.3) is 0 Å². The highest BCUT2D eigenvalue weighted by atomic mass is 35.5. The van der Waals surface area contributed by atoms with Gasteiger partial charge in [0.2, 0.25) is 0 Å². The molecule has 0 aliphatic carbocycles. The molecule has 0 amide bonds. The SMILES string of the molecule is CN(CCOc1cccc(Cl)c1)CC1CC2(CCNCC2)C(=O)O1.Cl.Cl. The fraction of sp³-hybridized carbons (Fsp3) is 0.611. The quantitative estimate of drug-likeness (QED) is 0.709. The minimum Gasteiger partial charge on any atom is -0.492 e. The predicted octanol–water partition coefficient (Wildman–Crippen LogP) is 3.18. The minimum absolute atomic E-state index is 0. The molecule has 3 rings (SSSR count). The maximum atomic E-state index is 12.3. The van der Waals surface area contributed by atoms with E-state index < -0.39 is 0 Å². The zero-order chi connectivity index (χ0) is 17.0. The third-order valence-electron chi connectivity index (χ3n) is 4.94. The second-order valence-corrected chi connectivity index (χ2v) is 7.27. The summed E-state index contributed by atoms with van der Waals surface area (Å²) in [4.78, 5) is 14.4. The standard InChI is InChI=1S/C18H25ClN2O3.2ClH/c1-21(9-10-23-15-4-2-3-14(19)11-15)13-16-12-18(17(22)24-16)5-7-20-8-6-18;;/h2-4,11,16,20H,5-10,12-13H2,1H3;2*1H. The lowest BCUT2D eigenvalue weighted by Crippen LogP contribution is -2.39. The first kappa shape index (κ1) is 23.3. The molecule has 2 fully saturated rings. The van der Waals surface area contributed by atoms with Crippen molar-refractivity contribution in [1.29, 1.82) is 0 Å². The zero-order valence-corrected chi connectivity index (χ0v) is 17.3. The maximum absolute atomic E-state index is 12.3. The molecule has 1 unspecified atom stereocenters. The Morgan fingerprint density at radius 2 is 2.08 bits per heavy atom. The lowest BCUT2D eigenvalue weighted by atomic mass is 9.76. The van der Waals surface area contributed by atoms with Gasteiger partial charge in [0.1, 0.15) is 18.5 Å². The molecule has 2 aliphatic rings. The molecule has 1 spiro atoms. The van der Waals surface area contributed by atoms with E-state index in [2.05, 4.69) is 10.2 Å². The number of nitrogens with zero attached hydrogens (tertiary/aromatic N) is 1. The summed E-state index contributed by atoms with van der Waals surface area (Å²) in [6.45, 7) is 3.91. The van der Waals surface area contributed by atoms with Gasteiger partial charge in [-0.15, -0.1) is 24.8 Å². The minimum atomic E-state index is -0.242. The highest BCUT2D eigenvalue weighted by Crippen LogP contribution is 2.41. The van der Waals surface area contributed by atoms with Crippen LogP contribution in [-0.2, 0) is 9.53 Å². The highest BCUT2D eigenvalue weighted by molar-refractivity contribution is 6.30. The number of hydrogen-bond acceptors (Lipinski definition) is 5. The van der Waals surface area contributed by atoms with Crippen molar-refractivity contribution in [2.45, 2.75) is 25.4 Å². The van der Waals surface area contributed by atoms with E-state index in [-0.39, 0.29) is 42.3 Å². The Morgan fingerprint density at radius 1 is 1.35 bits per heavy atom. The Morgan fingerprint density at radius 3 is 2.77 bits per heavy atom. The first-order valence-corrected chi connectivity index (χ1v) is 8.94. The number of ether oxygens (including phenoxy) is 2. The molecule has 1 aromatic rings. The molecule has 0 bridgehead atoms. The number of halogens is 3. The topological polar surface area (TPSA) is 50.8 Å². The lowest BCUT2D eigenvalue weighted by Gasteiger charge is -2.29. The van der Waals surface area contributed by atoms with E-state index in [1.165, 1.54) is 0 Å². The number of esters is 1. The number of cyclic esters (lactones) is 1. The summed E-state index contributed by atoms with van der Waals surface area (Å²) in [5.41, 5.74) is -0.242. The Labute approximate surface area is 172 Å². The van der Waals surface area contributed by atoms with Crippen molar-refractivity contribution < 1.29 is 14.3 Å². The fourth-order valence-corrected chi connectivity index (χ4v) is 3.75. The third-order valence-corrected chi connectivity index (χ3v) is 5.17. The number of carbonyl (C=O) groups is 1. The van der Waals surface area contributed by atoms with Gasteiger partial charge in [0.15, 0.2) is 0 Å². The summed E-state index contributed by atoms with van der Waals surface area (Å²) in [5, 5.41) is 3.99. The number of hydrogen-bond donors (Lipinski definition) is 1. The molecule has 8 heteroatoms. The van der Waals surface area contributed by atoms with E-state index in [1.54, 1.807) is 6.07 Å². The first-order chi connectivity index (χ1) is 11.6. The van der Waals surface area contributed by atoms with Crippen LogP contribution in [0.15, 0.2) is 24.3 Å². The fourth-order valence-electron chi connectivity index (χ4n) is 3.57. The first-order valence-electron chi connectivity index (χ1n) is 8.56. The van der Waals surface area contributed by atoms with Crippen LogP contribution in [0, 0.1) is 5.41 Å². The number of rotatable bonds is 6. The van der Waals surface area contributed by atoms with Crippen LogP contribution in [0.3, 0.4) is 0 Å². The number of carbonyl (C=O) groups excluding carboxylic acids is 1. The lowest BCUT2D eigenvalue weighted by molar-refractivity contribution is -0.150. The van der Waals surface area contributed by atoms with Crippen LogP contribution in [-0.4, -0.2) is 56.8 Å². The molecule has 1 atom stereocenters. The molecule has 148 valence electrons. The van der Waals surface area contributed by atoms with Crippen molar-refractivity contribution in [3.63, 3.8) is 0 Å². The van der Waals surface area contributed by atoms with Crippen LogP contribution < -0.4 is 10.1 Å². The van der Waals surface area contributed by atoms with Gasteiger partial charge in [0.05, 0.1) is 5.41 Å². The van der Waals surface area contributed by atoms with Crippen molar-refractivity contribution in [3.8, 4) is 5.75 Å². The van der Waals surface area contributed by atoms with Gasteiger partial charge < -0.3 is 14.8 Å². The van der Waals surface area contributed by atoms with Crippen LogP contribution in [0.25, 0.3) is 0 Å². The smallest absolute Gasteiger partial charge is 0.312 e. The van der Waals surface area contributed by atoms with Crippen molar-refractivity contribution >= 4 is 42.4 Å². The van der Waals surface area contributed by atoms with Gasteiger partial charge in [-0.25, -0.2) is 0 Å². The van der Waals surface area contributed by atoms with E-state index in [1.807, 2.05) is 25.2 Å². The third kappa shape index (κ3) is 5.89. The second-order valence-electron chi connectivity index (χ2n) is 6.83. The van der Waals surface area contributed by atoms with Crippen molar-refractivity contribution in [1.82, 2.24) is 10.2 Å². The van der Waals surface area contributed by atoms with Crippen LogP contribution in [0.2, 0.25) is 5.02 Å². The van der Waals surface area contributed by atoms with Crippen molar-refractivity contribution in [2.24, 2.45) is 5.41 Å². The van der Waals surface area contributed by atoms with Gasteiger partial charge in [-0.05, 0) is 51.2 Å². The van der Waals surface area contributed by atoms with E-state index in [4.69, 9.17) is 21.1 Å². The van der Waals surface area contributed by atoms with Gasteiger partial charge >= 0.3 is 5.97 Å². The molecule has 2 saturated heterocycles. The molecule has 0 aromatic heterocycles. The number of piperidine rings is 1. The number of likely N-dealkylation sites (N-methyl/N-ethyl adjacent to an activating group) is 1. The summed E-state index contributed by atoms with van der Waals surface area (Å²) in [6, 6.07) is 7.40. The Balaban J connectivity index is 0.00000169. The molecule has 5 nitrogen and oxygen atoms in total. The van der Waals surface area contributed by atoms with E-state index >= 15 is 0 Å². The number of nitrogens with one attached hydrogen (secondary N) is 1. The second kappa shape index (κ2) is 10.6. The van der Waals surface area contributed by atoms with E-state index in [0.717, 1.165) is 51.2 Å². The Bertz CT molecular complexity index is 583. The van der Waals surface area contributed by atoms with Crippen LogP contribution in [0.4, 0.5) is 0 Å². The average Bonchev–Trinajstić information content (AvgIpc) is 2.83. The molecule has 0 radical (unpaired) electrons. The predicted molar refractivity (Wildman–Crippen MR) is 108 cm³/mol. The summed E-state index contributed by atoms with van der Waals surface area (Å²) >= 11 is 5.94. The summed E-state index contributed by atoms with van der Waals surface area (Å²) < 4.78 is 11.3. The molecule has 0 saturated carbocycles. The maximum Gasteiger partial charge on any atom is 0.312 e. The van der Waals surface area contributed by atoms with Crippen LogP contribution >= 0.6 is 36.4 Å². The van der Waals surface area contributed by atoms with Gasteiger partial charge in [-0.3, -0.25) is 9.69 Å². The van der Waals surface area contributed by atoms with Crippen molar-refractivity contribution in [2.75, 3.05) is 39.8 Å².